The number of rotatable bonds is 7. The number of esters is 2. The van der Waals surface area contributed by atoms with Crippen LogP contribution in [0.3, 0.4) is 0 Å². The summed E-state index contributed by atoms with van der Waals surface area (Å²) in [6.07, 6.45) is 4.84. The molecule has 3 rings (SSSR count). The van der Waals surface area contributed by atoms with Crippen molar-refractivity contribution in [2.24, 2.45) is 0 Å². The van der Waals surface area contributed by atoms with Crippen molar-refractivity contribution >= 4 is 11.9 Å². The first kappa shape index (κ1) is 23.8. The summed E-state index contributed by atoms with van der Waals surface area (Å²) in [5.74, 6) is 0.417. The van der Waals surface area contributed by atoms with E-state index < -0.39 is 11.9 Å². The quantitative estimate of drug-likeness (QED) is 0.290. The monoisotopic (exact) mass is 438 g/mol. The predicted octanol–water partition coefficient (Wildman–Crippen LogP) is 6.26. The molecule has 0 N–H and O–H groups in total. The highest BCUT2D eigenvalue weighted by Gasteiger charge is 2.40. The second kappa shape index (κ2) is 9.35. The van der Waals surface area contributed by atoms with Crippen LogP contribution in [0, 0.1) is 0 Å². The molecule has 2 aromatic rings. The largest absolute Gasteiger partial charge is 0.488 e. The molecule has 0 bridgehead atoms. The van der Waals surface area contributed by atoms with Crippen LogP contribution in [-0.2, 0) is 16.6 Å². The van der Waals surface area contributed by atoms with E-state index >= 15 is 0 Å². The number of carbonyl (C=O) groups is 2. The predicted molar refractivity (Wildman–Crippen MR) is 125 cm³/mol. The Morgan fingerprint density at radius 3 is 2.31 bits per heavy atom. The van der Waals surface area contributed by atoms with E-state index in [2.05, 4.69) is 34.6 Å². The minimum absolute atomic E-state index is 0.129. The molecule has 1 aliphatic rings. The number of hydrogen-bond acceptors (Lipinski definition) is 5. The molecule has 1 aliphatic heterocycles. The maximum atomic E-state index is 13.2. The molecular weight excluding hydrogens is 404 g/mol. The molecular formula is C27H34O5. The van der Waals surface area contributed by atoms with Crippen molar-refractivity contribution in [1.29, 1.82) is 0 Å². The Hall–Kier alpha value is -2.82. The molecule has 0 atom stereocenters. The van der Waals surface area contributed by atoms with Gasteiger partial charge in [-0.25, -0.2) is 9.59 Å². The summed E-state index contributed by atoms with van der Waals surface area (Å²) in [5, 5.41) is 0. The molecule has 0 radical (unpaired) electrons. The third-order valence-electron chi connectivity index (χ3n) is 5.94. The first-order valence-corrected chi connectivity index (χ1v) is 11.3. The van der Waals surface area contributed by atoms with Gasteiger partial charge in [-0.3, -0.25) is 0 Å². The van der Waals surface area contributed by atoms with Gasteiger partial charge in [0.25, 0.3) is 0 Å². The number of aryl methyl sites for hydroxylation is 1. The zero-order chi connectivity index (χ0) is 23.5. The van der Waals surface area contributed by atoms with E-state index in [9.17, 15) is 9.59 Å². The summed E-state index contributed by atoms with van der Waals surface area (Å²) in [5.41, 5.74) is 2.57. The van der Waals surface area contributed by atoms with Gasteiger partial charge in [-0.2, -0.15) is 0 Å². The number of hydrogen-bond donors (Lipinski definition) is 0. The van der Waals surface area contributed by atoms with Crippen molar-refractivity contribution in [2.75, 3.05) is 7.11 Å². The molecule has 0 saturated heterocycles. The third-order valence-corrected chi connectivity index (χ3v) is 5.94. The number of benzene rings is 2. The third kappa shape index (κ3) is 5.32. The van der Waals surface area contributed by atoms with Gasteiger partial charge in [0.2, 0.25) is 0 Å². The summed E-state index contributed by atoms with van der Waals surface area (Å²) in [4.78, 5) is 24.9. The zero-order valence-electron chi connectivity index (χ0n) is 20.0. The van der Waals surface area contributed by atoms with E-state index in [4.69, 9.17) is 14.2 Å². The van der Waals surface area contributed by atoms with E-state index in [1.165, 1.54) is 7.11 Å². The highest BCUT2D eigenvalue weighted by molar-refractivity contribution is 5.94. The Bertz CT molecular complexity index is 986. The number of fused-ring (bicyclic) bond motifs is 1. The molecule has 0 aromatic heterocycles. The van der Waals surface area contributed by atoms with Crippen molar-refractivity contribution < 1.29 is 23.8 Å². The average Bonchev–Trinajstić information content (AvgIpc) is 2.72. The summed E-state index contributed by atoms with van der Waals surface area (Å²) in [6, 6.07) is 10.4. The van der Waals surface area contributed by atoms with E-state index in [0.717, 1.165) is 49.0 Å². The zero-order valence-corrected chi connectivity index (χ0v) is 20.0. The first-order valence-electron chi connectivity index (χ1n) is 11.3. The van der Waals surface area contributed by atoms with E-state index in [0.29, 0.717) is 16.9 Å². The van der Waals surface area contributed by atoms with Crippen molar-refractivity contribution in [3.8, 4) is 11.5 Å². The van der Waals surface area contributed by atoms with Gasteiger partial charge in [0.1, 0.15) is 17.1 Å². The van der Waals surface area contributed by atoms with Crippen LogP contribution < -0.4 is 9.47 Å². The number of carbonyl (C=O) groups excluding carboxylic acids is 2. The lowest BCUT2D eigenvalue weighted by Gasteiger charge is -2.42. The van der Waals surface area contributed by atoms with E-state index in [1.54, 1.807) is 24.3 Å². The fraction of sp³-hybridized carbons (Fsp3) is 0.481. The standard InChI is InChI=1S/C27H34O5/c1-7-8-9-10-19-15-23-22(26(2,3)17-27(4,5)32-23)16-21(19)25(29)31-20-13-11-18(12-14-20)24(28)30-6/h11-16H,7-10,17H2,1-6H3. The summed E-state index contributed by atoms with van der Waals surface area (Å²) in [6.45, 7) is 10.7. The van der Waals surface area contributed by atoms with Crippen LogP contribution in [-0.4, -0.2) is 24.6 Å². The molecule has 32 heavy (non-hydrogen) atoms. The van der Waals surface area contributed by atoms with Crippen molar-refractivity contribution in [2.45, 2.75) is 77.7 Å². The summed E-state index contributed by atoms with van der Waals surface area (Å²) < 4.78 is 16.7. The van der Waals surface area contributed by atoms with Crippen LogP contribution in [0.25, 0.3) is 0 Å². The molecule has 0 saturated carbocycles. The Kier molecular flexibility index (Phi) is 6.97. The van der Waals surface area contributed by atoms with Crippen molar-refractivity contribution in [3.05, 3.63) is 58.7 Å². The van der Waals surface area contributed by atoms with Crippen LogP contribution >= 0.6 is 0 Å². The Balaban J connectivity index is 1.94. The van der Waals surface area contributed by atoms with Crippen LogP contribution in [0.15, 0.2) is 36.4 Å². The molecule has 172 valence electrons. The van der Waals surface area contributed by atoms with E-state index in [1.807, 2.05) is 12.1 Å². The van der Waals surface area contributed by atoms with Gasteiger partial charge in [0.05, 0.1) is 18.2 Å². The van der Waals surface area contributed by atoms with Gasteiger partial charge in [0.15, 0.2) is 0 Å². The minimum Gasteiger partial charge on any atom is -0.488 e. The fourth-order valence-electron chi connectivity index (χ4n) is 4.63. The normalized spacial score (nSPS) is 15.9. The van der Waals surface area contributed by atoms with Crippen molar-refractivity contribution in [3.63, 3.8) is 0 Å². The van der Waals surface area contributed by atoms with Crippen LogP contribution in [0.4, 0.5) is 0 Å². The number of ether oxygens (including phenoxy) is 3. The van der Waals surface area contributed by atoms with Gasteiger partial charge in [-0.05, 0) is 80.5 Å². The van der Waals surface area contributed by atoms with Gasteiger partial charge in [-0.1, -0.05) is 33.6 Å². The highest BCUT2D eigenvalue weighted by atomic mass is 16.5. The molecule has 5 nitrogen and oxygen atoms in total. The maximum absolute atomic E-state index is 13.2. The molecule has 0 amide bonds. The molecule has 0 unspecified atom stereocenters. The first-order chi connectivity index (χ1) is 15.1. The molecule has 5 heteroatoms. The lowest BCUT2D eigenvalue weighted by Crippen LogP contribution is -2.41. The molecule has 1 heterocycles. The Morgan fingerprint density at radius 2 is 1.69 bits per heavy atom. The molecule has 0 aliphatic carbocycles. The topological polar surface area (TPSA) is 61.8 Å². The average molecular weight is 439 g/mol. The smallest absolute Gasteiger partial charge is 0.343 e. The fourth-order valence-corrected chi connectivity index (χ4v) is 4.63. The molecule has 0 fully saturated rings. The maximum Gasteiger partial charge on any atom is 0.343 e. The lowest BCUT2D eigenvalue weighted by atomic mass is 9.73. The lowest BCUT2D eigenvalue weighted by molar-refractivity contribution is 0.0530. The van der Waals surface area contributed by atoms with Gasteiger partial charge in [0, 0.05) is 5.56 Å². The van der Waals surface area contributed by atoms with E-state index in [-0.39, 0.29) is 11.0 Å². The Morgan fingerprint density at radius 1 is 1.00 bits per heavy atom. The molecule has 0 spiro atoms. The van der Waals surface area contributed by atoms with Gasteiger partial charge in [-0.15, -0.1) is 0 Å². The minimum atomic E-state index is -0.430. The molecule has 2 aromatic carbocycles. The second-order valence-corrected chi connectivity index (χ2v) is 9.79. The summed E-state index contributed by atoms with van der Waals surface area (Å²) in [7, 11) is 1.33. The van der Waals surface area contributed by atoms with Crippen LogP contribution in [0.2, 0.25) is 0 Å². The Labute approximate surface area is 191 Å². The van der Waals surface area contributed by atoms with Crippen LogP contribution in [0.1, 0.15) is 92.1 Å². The van der Waals surface area contributed by atoms with Crippen molar-refractivity contribution in [1.82, 2.24) is 0 Å². The van der Waals surface area contributed by atoms with Crippen LogP contribution in [0.5, 0.6) is 11.5 Å². The van der Waals surface area contributed by atoms with Gasteiger partial charge >= 0.3 is 11.9 Å². The second-order valence-electron chi connectivity index (χ2n) is 9.79. The SMILES string of the molecule is CCCCCc1cc2c(cc1C(=O)Oc1ccc(C(=O)OC)cc1)C(C)(C)CC(C)(C)O2. The summed E-state index contributed by atoms with van der Waals surface area (Å²) >= 11 is 0. The highest BCUT2D eigenvalue weighted by Crippen LogP contribution is 2.46. The number of unbranched alkanes of at least 4 members (excludes halogenated alkanes) is 2. The number of methoxy groups -OCH3 is 1. The van der Waals surface area contributed by atoms with Gasteiger partial charge < -0.3 is 14.2 Å².